The van der Waals surface area contributed by atoms with Gasteiger partial charge in [0.1, 0.15) is 40.0 Å². The van der Waals surface area contributed by atoms with Gasteiger partial charge in [0.05, 0.1) is 11.9 Å². The van der Waals surface area contributed by atoms with Gasteiger partial charge in [-0.1, -0.05) is 139 Å². The Kier molecular flexibility index (Phi) is 26.5. The summed E-state index contributed by atoms with van der Waals surface area (Å²) in [6, 6.07) is 11.7. The van der Waals surface area contributed by atoms with Crippen molar-refractivity contribution in [2.24, 2.45) is 11.7 Å². The second kappa shape index (κ2) is 30.8. The van der Waals surface area contributed by atoms with E-state index in [1.54, 1.807) is 30.3 Å². The lowest BCUT2D eigenvalue weighted by Crippen LogP contribution is -2.59. The Balaban J connectivity index is 1.63. The van der Waals surface area contributed by atoms with Crippen LogP contribution >= 0.6 is 0 Å². The summed E-state index contributed by atoms with van der Waals surface area (Å²) in [4.78, 5) is 89.0. The molecular weight excluding hydrogens is 869 g/mol. The molecule has 2 rings (SSSR count). The topological polar surface area (TPSA) is 280 Å². The van der Waals surface area contributed by atoms with Crippen LogP contribution in [0.15, 0.2) is 60.7 Å². The molecule has 0 aliphatic carbocycles. The number of benzene rings is 2. The number of nitrogens with one attached hydrogen (secondary N) is 5. The Hall–Kier alpha value is -5.36. The van der Waals surface area contributed by atoms with Gasteiger partial charge in [0.2, 0.25) is 35.4 Å². The number of carbonyl (C=O) groups is 7. The van der Waals surface area contributed by atoms with Gasteiger partial charge in [0, 0.05) is 31.9 Å². The molecule has 368 valence electrons. The van der Waals surface area contributed by atoms with E-state index in [9.17, 15) is 52.2 Å². The number of rotatable bonds is 34. The highest BCUT2D eigenvalue weighted by molar-refractivity contribution is 7.90. The van der Waals surface area contributed by atoms with Gasteiger partial charge in [-0.3, -0.25) is 28.8 Å². The van der Waals surface area contributed by atoms with E-state index in [2.05, 4.69) is 26.6 Å². The van der Waals surface area contributed by atoms with E-state index in [1.165, 1.54) is 6.92 Å². The summed E-state index contributed by atoms with van der Waals surface area (Å²) in [6.07, 6.45) is 11.3. The van der Waals surface area contributed by atoms with Crippen LogP contribution in [0.4, 0.5) is 0 Å². The molecule has 0 radical (unpaired) electrons. The zero-order valence-electron chi connectivity index (χ0n) is 39.1. The van der Waals surface area contributed by atoms with Gasteiger partial charge in [-0.25, -0.2) is 13.2 Å². The predicted molar refractivity (Wildman–Crippen MR) is 252 cm³/mol. The molecule has 0 aromatic heterocycles. The molecule has 0 fully saturated rings. The lowest BCUT2D eigenvalue weighted by atomic mass is 10.0. The average Bonchev–Trinajstić information content (AvgIpc) is 3.24. The summed E-state index contributed by atoms with van der Waals surface area (Å²) in [5, 5.41) is 32.8. The number of carbonyl (C=O) groups excluding carboxylic acids is 6. The van der Waals surface area contributed by atoms with Crippen molar-refractivity contribution in [3.63, 3.8) is 0 Å². The summed E-state index contributed by atoms with van der Waals surface area (Å²) in [6.45, 7) is 5.14. The first-order valence-corrected chi connectivity index (χ1v) is 25.3. The lowest BCUT2D eigenvalue weighted by molar-refractivity contribution is -0.142. The number of sulfone groups is 1. The van der Waals surface area contributed by atoms with E-state index < -0.39 is 87.4 Å². The van der Waals surface area contributed by atoms with Crippen molar-refractivity contribution in [2.45, 2.75) is 166 Å². The van der Waals surface area contributed by atoms with E-state index in [4.69, 9.17) is 5.73 Å². The normalized spacial score (nSPS) is 14.2. The number of hydrogen-bond donors (Lipinski definition) is 8. The fourth-order valence-corrected chi connectivity index (χ4v) is 8.21. The maximum absolute atomic E-state index is 13.3. The van der Waals surface area contributed by atoms with Gasteiger partial charge in [0.15, 0.2) is 0 Å². The minimum atomic E-state index is -3.68. The minimum Gasteiger partial charge on any atom is -0.480 e. The molecule has 0 bridgehead atoms. The van der Waals surface area contributed by atoms with Gasteiger partial charge < -0.3 is 42.5 Å². The molecule has 0 spiro atoms. The minimum absolute atomic E-state index is 0.00503. The molecule has 2 aromatic rings. The molecule has 0 heterocycles. The highest BCUT2D eigenvalue weighted by Gasteiger charge is 2.32. The second-order valence-corrected chi connectivity index (χ2v) is 19.9. The number of primary amides is 1. The van der Waals surface area contributed by atoms with E-state index >= 15 is 0 Å². The molecule has 0 aliphatic heterocycles. The van der Waals surface area contributed by atoms with Crippen LogP contribution in [0.5, 0.6) is 0 Å². The first-order valence-electron chi connectivity index (χ1n) is 23.2. The van der Waals surface area contributed by atoms with Crippen molar-refractivity contribution in [3.05, 3.63) is 71.8 Å². The third-order valence-electron chi connectivity index (χ3n) is 10.9. The van der Waals surface area contributed by atoms with Crippen molar-refractivity contribution in [2.75, 3.05) is 12.0 Å². The van der Waals surface area contributed by atoms with Crippen LogP contribution in [0.25, 0.3) is 0 Å². The summed E-state index contributed by atoms with van der Waals surface area (Å²) in [5.41, 5.74) is 7.06. The second-order valence-electron chi connectivity index (χ2n) is 17.7. The van der Waals surface area contributed by atoms with Gasteiger partial charge in [-0.2, -0.15) is 0 Å². The van der Waals surface area contributed by atoms with Gasteiger partial charge in [0.25, 0.3) is 0 Å². The zero-order chi connectivity index (χ0) is 49.1. The third kappa shape index (κ3) is 24.8. The fourth-order valence-electron chi connectivity index (χ4n) is 7.37. The smallest absolute Gasteiger partial charge is 0.326 e. The van der Waals surface area contributed by atoms with Crippen molar-refractivity contribution < 1.29 is 52.2 Å². The Bertz CT molecular complexity index is 1930. The van der Waals surface area contributed by atoms with Crippen LogP contribution in [0.1, 0.15) is 128 Å². The van der Waals surface area contributed by atoms with E-state index in [-0.39, 0.29) is 43.9 Å². The Morgan fingerprint density at radius 1 is 0.545 bits per heavy atom. The molecule has 18 heteroatoms. The van der Waals surface area contributed by atoms with Crippen molar-refractivity contribution in [1.82, 2.24) is 26.6 Å². The van der Waals surface area contributed by atoms with E-state index in [1.807, 2.05) is 44.2 Å². The largest absolute Gasteiger partial charge is 0.480 e. The Morgan fingerprint density at radius 3 is 1.35 bits per heavy atom. The van der Waals surface area contributed by atoms with Crippen LogP contribution in [0.2, 0.25) is 0 Å². The number of unbranched alkanes of at least 4 members (excludes halogenated alkanes) is 11. The molecule has 66 heavy (non-hydrogen) atoms. The molecule has 2 aromatic carbocycles. The van der Waals surface area contributed by atoms with Gasteiger partial charge >= 0.3 is 5.97 Å². The molecule has 9 N–H and O–H groups in total. The quantitative estimate of drug-likeness (QED) is 0.0471. The Labute approximate surface area is 390 Å². The first-order chi connectivity index (χ1) is 31.2. The molecule has 6 atom stereocenters. The summed E-state index contributed by atoms with van der Waals surface area (Å²) in [7, 11) is -3.68. The van der Waals surface area contributed by atoms with E-state index in [0.29, 0.717) is 18.4 Å². The lowest BCUT2D eigenvalue weighted by Gasteiger charge is -2.26. The SMILES string of the molecule is CC(C)C[C@H](NC(=O)[C@@H](NC(=O)CCCCCCCCCCCCCCC(=O)N[C@@H](CS(C)(=O)=O)C(=O)N[C@@H](Cc1ccccc1)C(=O)O)[C@@H](C)O)C(=O)N[C@@H](Cc1ccccc1)C(N)=O. The average molecular weight is 943 g/mol. The van der Waals surface area contributed by atoms with Crippen LogP contribution in [-0.4, -0.2) is 108 Å². The summed E-state index contributed by atoms with van der Waals surface area (Å²) in [5.74, 6) is -5.71. The Morgan fingerprint density at radius 2 is 0.939 bits per heavy atom. The first kappa shape index (κ1) is 56.8. The maximum atomic E-state index is 13.3. The summed E-state index contributed by atoms with van der Waals surface area (Å²) < 4.78 is 24.1. The monoisotopic (exact) mass is 943 g/mol. The van der Waals surface area contributed by atoms with Crippen molar-refractivity contribution >= 4 is 51.2 Å². The van der Waals surface area contributed by atoms with Crippen LogP contribution in [0, 0.1) is 5.92 Å². The maximum Gasteiger partial charge on any atom is 0.326 e. The molecule has 0 saturated heterocycles. The predicted octanol–water partition coefficient (Wildman–Crippen LogP) is 3.40. The number of hydrogen-bond acceptors (Lipinski definition) is 10. The fraction of sp³-hybridized carbons (Fsp3) is 0.604. The van der Waals surface area contributed by atoms with Crippen LogP contribution < -0.4 is 32.3 Å². The number of aliphatic hydroxyl groups is 1. The van der Waals surface area contributed by atoms with Gasteiger partial charge in [-0.15, -0.1) is 0 Å². The van der Waals surface area contributed by atoms with E-state index in [0.717, 1.165) is 76.0 Å². The molecule has 6 amide bonds. The number of carboxylic acids is 1. The highest BCUT2D eigenvalue weighted by atomic mass is 32.2. The molecule has 0 aliphatic rings. The number of carboxylic acid groups (broad SMARTS) is 1. The zero-order valence-corrected chi connectivity index (χ0v) is 39.9. The number of amides is 6. The van der Waals surface area contributed by atoms with Crippen molar-refractivity contribution in [3.8, 4) is 0 Å². The highest BCUT2D eigenvalue weighted by Crippen LogP contribution is 2.14. The molecule has 0 saturated carbocycles. The van der Waals surface area contributed by atoms with Crippen LogP contribution in [-0.2, 0) is 56.2 Å². The van der Waals surface area contributed by atoms with Crippen LogP contribution in [0.3, 0.4) is 0 Å². The molecule has 17 nitrogen and oxygen atoms in total. The third-order valence-corrected chi connectivity index (χ3v) is 11.9. The van der Waals surface area contributed by atoms with Crippen molar-refractivity contribution in [1.29, 1.82) is 0 Å². The number of aliphatic hydroxyl groups excluding tert-OH is 1. The molecule has 0 unspecified atom stereocenters. The molecular formula is C48H74N6O11S. The van der Waals surface area contributed by atoms with Gasteiger partial charge in [-0.05, 0) is 43.2 Å². The number of aliphatic carboxylic acids is 1. The standard InChI is InChI=1S/C48H74N6O11S/c1-33(2)29-38(45(59)51-37(44(49)58)30-35-23-17-15-18-24-35)52-47(61)43(34(3)55)54-42(57)28-22-14-12-10-8-6-5-7-9-11-13-21-27-41(56)50-40(32-66(4,64)65)46(60)53-39(48(62)63)31-36-25-19-16-20-26-36/h15-20,23-26,33-34,37-40,43,55H,5-14,21-22,27-32H2,1-4H3,(H2,49,58)(H,50,56)(H,51,59)(H,52,61)(H,53,60)(H,54,57)(H,62,63)/t34-,37+,38+,39+,40+,43+/m1/s1. The number of nitrogens with two attached hydrogens (primary N) is 1. The summed E-state index contributed by atoms with van der Waals surface area (Å²) >= 11 is 0.